The molecule has 2 heterocycles. The van der Waals surface area contributed by atoms with Gasteiger partial charge in [0.25, 0.3) is 0 Å². The Bertz CT molecular complexity index is 780. The van der Waals surface area contributed by atoms with Crippen molar-refractivity contribution >= 4 is 16.9 Å². The summed E-state index contributed by atoms with van der Waals surface area (Å²) in [5, 5.41) is 6.48. The summed E-state index contributed by atoms with van der Waals surface area (Å²) in [7, 11) is 0. The first-order valence-electron chi connectivity index (χ1n) is 9.80. The minimum absolute atomic E-state index is 0.118. The first kappa shape index (κ1) is 17.5. The van der Waals surface area contributed by atoms with Crippen LogP contribution >= 0.6 is 0 Å². The zero-order chi connectivity index (χ0) is 18.1. The molecule has 1 saturated carbocycles. The minimum atomic E-state index is -0.118. The Morgan fingerprint density at radius 2 is 2.15 bits per heavy atom. The number of aromatic nitrogens is 2. The number of nitrogens with one attached hydrogen (secondary N) is 2. The van der Waals surface area contributed by atoms with Gasteiger partial charge in [0.1, 0.15) is 5.82 Å². The summed E-state index contributed by atoms with van der Waals surface area (Å²) in [5.41, 5.74) is 2.26. The van der Waals surface area contributed by atoms with Crippen LogP contribution in [-0.4, -0.2) is 52.1 Å². The highest BCUT2D eigenvalue weighted by atomic mass is 16.2. The Morgan fingerprint density at radius 1 is 1.35 bits per heavy atom. The van der Waals surface area contributed by atoms with Crippen LogP contribution in [0.15, 0.2) is 24.3 Å². The number of imidazole rings is 1. The van der Waals surface area contributed by atoms with Crippen molar-refractivity contribution in [2.24, 2.45) is 5.92 Å². The van der Waals surface area contributed by atoms with Crippen molar-refractivity contribution in [1.29, 1.82) is 0 Å². The van der Waals surface area contributed by atoms with Crippen LogP contribution in [0.5, 0.6) is 0 Å². The highest BCUT2D eigenvalue weighted by Gasteiger charge is 2.30. The Morgan fingerprint density at radius 3 is 2.92 bits per heavy atom. The van der Waals surface area contributed by atoms with E-state index in [2.05, 4.69) is 52.1 Å². The summed E-state index contributed by atoms with van der Waals surface area (Å²) in [4.78, 5) is 19.6. The molecule has 1 aliphatic heterocycles. The third-order valence-electron chi connectivity index (χ3n) is 5.15. The van der Waals surface area contributed by atoms with Crippen molar-refractivity contribution in [3.63, 3.8) is 0 Å². The SMILES string of the molecule is CC(C)Cn1c(CN2CCN[C@H](C(=O)NC3CC3)C2)nc2ccccc21. The number of hydrogen-bond donors (Lipinski definition) is 2. The summed E-state index contributed by atoms with van der Waals surface area (Å²) in [5.74, 6) is 1.81. The van der Waals surface area contributed by atoms with Crippen LogP contribution in [0.3, 0.4) is 0 Å². The predicted octanol–water partition coefficient (Wildman–Crippen LogP) is 1.74. The first-order valence-corrected chi connectivity index (χ1v) is 9.80. The zero-order valence-corrected chi connectivity index (χ0v) is 15.7. The number of hydrogen-bond acceptors (Lipinski definition) is 4. The molecule has 6 heteroatoms. The summed E-state index contributed by atoms with van der Waals surface area (Å²) in [6, 6.07) is 8.65. The van der Waals surface area contributed by atoms with Gasteiger partial charge in [-0.2, -0.15) is 0 Å². The lowest BCUT2D eigenvalue weighted by molar-refractivity contribution is -0.124. The van der Waals surface area contributed by atoms with E-state index in [0.717, 1.165) is 56.9 Å². The van der Waals surface area contributed by atoms with Gasteiger partial charge in [0.2, 0.25) is 5.91 Å². The molecule has 1 aromatic carbocycles. The normalized spacial score (nSPS) is 21.4. The summed E-state index contributed by atoms with van der Waals surface area (Å²) in [6.07, 6.45) is 2.25. The highest BCUT2D eigenvalue weighted by molar-refractivity contribution is 5.82. The minimum Gasteiger partial charge on any atom is -0.352 e. The van der Waals surface area contributed by atoms with Gasteiger partial charge < -0.3 is 15.2 Å². The molecule has 1 saturated heterocycles. The van der Waals surface area contributed by atoms with E-state index in [1.54, 1.807) is 0 Å². The van der Waals surface area contributed by atoms with Crippen molar-refractivity contribution in [2.75, 3.05) is 19.6 Å². The summed E-state index contributed by atoms with van der Waals surface area (Å²) >= 11 is 0. The average Bonchev–Trinajstić information content (AvgIpc) is 3.38. The molecule has 1 aromatic heterocycles. The maximum Gasteiger partial charge on any atom is 0.238 e. The molecule has 6 nitrogen and oxygen atoms in total. The van der Waals surface area contributed by atoms with E-state index >= 15 is 0 Å². The van der Waals surface area contributed by atoms with E-state index in [1.165, 1.54) is 5.52 Å². The Hall–Kier alpha value is -1.92. The Kier molecular flexibility index (Phi) is 4.96. The molecule has 2 aliphatic rings. The van der Waals surface area contributed by atoms with E-state index in [1.807, 2.05) is 6.07 Å². The fourth-order valence-electron chi connectivity index (χ4n) is 3.67. The van der Waals surface area contributed by atoms with Gasteiger partial charge in [0.15, 0.2) is 0 Å². The maximum absolute atomic E-state index is 12.4. The monoisotopic (exact) mass is 355 g/mol. The lowest BCUT2D eigenvalue weighted by atomic mass is 10.2. The first-order chi connectivity index (χ1) is 12.6. The van der Waals surface area contributed by atoms with Crippen molar-refractivity contribution < 1.29 is 4.79 Å². The molecule has 0 spiro atoms. The number of carbonyl (C=O) groups excluding carboxylic acids is 1. The largest absolute Gasteiger partial charge is 0.352 e. The second kappa shape index (κ2) is 7.37. The van der Waals surface area contributed by atoms with E-state index in [9.17, 15) is 4.79 Å². The number of rotatable bonds is 6. The van der Waals surface area contributed by atoms with Crippen LogP contribution in [0.2, 0.25) is 0 Å². The second-order valence-electron chi connectivity index (χ2n) is 8.05. The Balaban J connectivity index is 1.49. The maximum atomic E-state index is 12.4. The molecule has 140 valence electrons. The number of benzene rings is 1. The van der Waals surface area contributed by atoms with E-state index in [4.69, 9.17) is 4.98 Å². The fraction of sp³-hybridized carbons (Fsp3) is 0.600. The van der Waals surface area contributed by atoms with Crippen molar-refractivity contribution in [3.05, 3.63) is 30.1 Å². The summed E-state index contributed by atoms with van der Waals surface area (Å²) in [6.45, 7) is 8.75. The van der Waals surface area contributed by atoms with E-state index < -0.39 is 0 Å². The van der Waals surface area contributed by atoms with Gasteiger partial charge in [-0.1, -0.05) is 26.0 Å². The third kappa shape index (κ3) is 3.91. The van der Waals surface area contributed by atoms with Crippen LogP contribution in [0, 0.1) is 5.92 Å². The molecule has 26 heavy (non-hydrogen) atoms. The number of fused-ring (bicyclic) bond motifs is 1. The number of amides is 1. The van der Waals surface area contributed by atoms with Gasteiger partial charge in [-0.05, 0) is 30.9 Å². The van der Waals surface area contributed by atoms with Gasteiger partial charge in [-0.25, -0.2) is 4.98 Å². The molecule has 1 amide bonds. The third-order valence-corrected chi connectivity index (χ3v) is 5.15. The van der Waals surface area contributed by atoms with Crippen LogP contribution in [-0.2, 0) is 17.9 Å². The number of para-hydroxylation sites is 2. The molecular weight excluding hydrogens is 326 g/mol. The Labute approximate surface area is 155 Å². The molecule has 2 N–H and O–H groups in total. The van der Waals surface area contributed by atoms with Crippen molar-refractivity contribution in [2.45, 2.75) is 51.9 Å². The number of piperazine rings is 1. The van der Waals surface area contributed by atoms with Gasteiger partial charge in [0.05, 0.1) is 23.6 Å². The lowest BCUT2D eigenvalue weighted by Gasteiger charge is -2.32. The number of nitrogens with zero attached hydrogens (tertiary/aromatic N) is 3. The van der Waals surface area contributed by atoms with Crippen LogP contribution < -0.4 is 10.6 Å². The molecule has 0 bridgehead atoms. The highest BCUT2D eigenvalue weighted by Crippen LogP contribution is 2.21. The molecule has 0 unspecified atom stereocenters. The fourth-order valence-corrected chi connectivity index (χ4v) is 3.67. The smallest absolute Gasteiger partial charge is 0.238 e. The average molecular weight is 355 g/mol. The van der Waals surface area contributed by atoms with Gasteiger partial charge in [-0.15, -0.1) is 0 Å². The molecule has 1 aliphatic carbocycles. The van der Waals surface area contributed by atoms with Crippen molar-refractivity contribution in [1.82, 2.24) is 25.1 Å². The van der Waals surface area contributed by atoms with E-state index in [-0.39, 0.29) is 11.9 Å². The standard InChI is InChI=1S/C20H29N5O/c1-14(2)11-25-18-6-4-3-5-16(18)23-19(25)13-24-10-9-21-17(12-24)20(26)22-15-7-8-15/h3-6,14-15,17,21H,7-13H2,1-2H3,(H,22,26)/t17-/m0/s1. The van der Waals surface area contributed by atoms with Gasteiger partial charge >= 0.3 is 0 Å². The quantitative estimate of drug-likeness (QED) is 0.829. The van der Waals surface area contributed by atoms with Crippen LogP contribution in [0.4, 0.5) is 0 Å². The molecule has 2 aromatic rings. The van der Waals surface area contributed by atoms with Gasteiger partial charge in [0, 0.05) is 32.2 Å². The second-order valence-corrected chi connectivity index (χ2v) is 8.05. The zero-order valence-electron chi connectivity index (χ0n) is 15.7. The topological polar surface area (TPSA) is 62.2 Å². The molecule has 1 atom stereocenters. The lowest BCUT2D eigenvalue weighted by Crippen LogP contribution is -2.57. The molecule has 4 rings (SSSR count). The molecule has 2 fully saturated rings. The van der Waals surface area contributed by atoms with Crippen LogP contribution in [0.1, 0.15) is 32.5 Å². The van der Waals surface area contributed by atoms with Gasteiger partial charge in [-0.3, -0.25) is 9.69 Å². The molecule has 0 radical (unpaired) electrons. The van der Waals surface area contributed by atoms with Crippen LogP contribution in [0.25, 0.3) is 11.0 Å². The molecular formula is C20H29N5O. The van der Waals surface area contributed by atoms with E-state index in [0.29, 0.717) is 12.0 Å². The predicted molar refractivity (Wildman–Crippen MR) is 103 cm³/mol. The summed E-state index contributed by atoms with van der Waals surface area (Å²) < 4.78 is 2.35. The van der Waals surface area contributed by atoms with Crippen molar-refractivity contribution in [3.8, 4) is 0 Å². The number of carbonyl (C=O) groups is 1.